The molecule has 9 heteroatoms. The molecule has 178 valence electrons. The summed E-state index contributed by atoms with van der Waals surface area (Å²) in [4.78, 5) is 38.7. The van der Waals surface area contributed by atoms with Gasteiger partial charge in [-0.25, -0.2) is 4.68 Å². The van der Waals surface area contributed by atoms with Crippen molar-refractivity contribution in [2.45, 2.75) is 13.8 Å². The molecule has 1 aromatic heterocycles. The Balaban J connectivity index is 1.62. The highest BCUT2D eigenvalue weighted by Crippen LogP contribution is 2.25. The molecule has 0 spiro atoms. The molecule has 0 unspecified atom stereocenters. The first kappa shape index (κ1) is 24.0. The molecule has 0 fully saturated rings. The summed E-state index contributed by atoms with van der Waals surface area (Å²) in [5.74, 6) is -1.83. The molecule has 8 nitrogen and oxygen atoms in total. The van der Waals surface area contributed by atoms with Crippen LogP contribution in [0.5, 0.6) is 5.75 Å². The Morgan fingerprint density at radius 3 is 2.49 bits per heavy atom. The van der Waals surface area contributed by atoms with Crippen LogP contribution in [0.15, 0.2) is 77.3 Å². The van der Waals surface area contributed by atoms with Gasteiger partial charge in [0, 0.05) is 15.5 Å². The van der Waals surface area contributed by atoms with Gasteiger partial charge in [-0.3, -0.25) is 19.8 Å². The van der Waals surface area contributed by atoms with E-state index in [2.05, 4.69) is 32.0 Å². The Bertz CT molecular complexity index is 1430. The molecule has 4 rings (SSSR count). The van der Waals surface area contributed by atoms with Crippen LogP contribution < -0.4 is 20.8 Å². The number of ether oxygens (including phenoxy) is 1. The van der Waals surface area contributed by atoms with E-state index in [4.69, 9.17) is 4.74 Å². The first-order chi connectivity index (χ1) is 16.9. The van der Waals surface area contributed by atoms with Crippen molar-refractivity contribution in [3.63, 3.8) is 0 Å². The number of amides is 3. The third-order valence-corrected chi connectivity index (χ3v) is 5.62. The van der Waals surface area contributed by atoms with Gasteiger partial charge in [-0.2, -0.15) is 0 Å². The number of benzene rings is 3. The zero-order valence-electron chi connectivity index (χ0n) is 19.1. The molecular formula is C26H23BrN4O4. The minimum atomic E-state index is -0.943. The van der Waals surface area contributed by atoms with Crippen molar-refractivity contribution in [2.24, 2.45) is 0 Å². The molecular weight excluding hydrogens is 512 g/mol. The summed E-state index contributed by atoms with van der Waals surface area (Å²) >= 11 is 3.42. The van der Waals surface area contributed by atoms with Crippen LogP contribution in [0.1, 0.15) is 23.0 Å². The maximum Gasteiger partial charge on any atom is 0.328 e. The number of aryl methyl sites for hydroxylation is 1. The van der Waals surface area contributed by atoms with Crippen molar-refractivity contribution < 1.29 is 19.1 Å². The molecule has 0 bridgehead atoms. The van der Waals surface area contributed by atoms with Gasteiger partial charge >= 0.3 is 11.8 Å². The maximum absolute atomic E-state index is 13.1. The van der Waals surface area contributed by atoms with Gasteiger partial charge in [0.15, 0.2) is 0 Å². The molecule has 3 amide bonds. The van der Waals surface area contributed by atoms with Gasteiger partial charge in [0.1, 0.15) is 11.4 Å². The lowest BCUT2D eigenvalue weighted by atomic mass is 10.2. The topological polar surface area (TPSA) is 101 Å². The monoisotopic (exact) mass is 534 g/mol. The second kappa shape index (κ2) is 10.4. The number of fused-ring (bicyclic) bond motifs is 1. The van der Waals surface area contributed by atoms with Crippen LogP contribution in [0, 0.1) is 6.92 Å². The molecule has 0 radical (unpaired) electrons. The highest BCUT2D eigenvalue weighted by Gasteiger charge is 2.22. The van der Waals surface area contributed by atoms with E-state index >= 15 is 0 Å². The SMILES string of the molecule is CCOc1ccccc1NC(=O)C(=O)Nn1c(C(=O)Nc2cccc(C)c2)cc2cc(Br)ccc21. The van der Waals surface area contributed by atoms with Crippen molar-refractivity contribution in [1.29, 1.82) is 0 Å². The van der Waals surface area contributed by atoms with Crippen LogP contribution in [0.4, 0.5) is 11.4 Å². The van der Waals surface area contributed by atoms with E-state index in [0.29, 0.717) is 34.6 Å². The van der Waals surface area contributed by atoms with Crippen LogP contribution in [0.25, 0.3) is 10.9 Å². The Morgan fingerprint density at radius 2 is 1.71 bits per heavy atom. The van der Waals surface area contributed by atoms with E-state index in [1.165, 1.54) is 4.68 Å². The molecule has 3 N–H and O–H groups in total. The van der Waals surface area contributed by atoms with Crippen LogP contribution in [0.2, 0.25) is 0 Å². The summed E-state index contributed by atoms with van der Waals surface area (Å²) in [7, 11) is 0. The largest absolute Gasteiger partial charge is 0.492 e. The van der Waals surface area contributed by atoms with Gasteiger partial charge in [-0.05, 0) is 67.9 Å². The van der Waals surface area contributed by atoms with E-state index in [1.807, 2.05) is 38.1 Å². The van der Waals surface area contributed by atoms with Gasteiger partial charge in [0.2, 0.25) is 0 Å². The molecule has 0 aliphatic rings. The molecule has 0 saturated carbocycles. The van der Waals surface area contributed by atoms with E-state index in [1.54, 1.807) is 48.5 Å². The number of para-hydroxylation sites is 2. The molecule has 0 atom stereocenters. The van der Waals surface area contributed by atoms with Crippen LogP contribution >= 0.6 is 15.9 Å². The lowest BCUT2D eigenvalue weighted by molar-refractivity contribution is -0.133. The van der Waals surface area contributed by atoms with E-state index in [-0.39, 0.29) is 5.69 Å². The summed E-state index contributed by atoms with van der Waals surface area (Å²) in [6, 6.07) is 21.2. The minimum Gasteiger partial charge on any atom is -0.492 e. The molecule has 0 aliphatic heterocycles. The second-order valence-electron chi connectivity index (χ2n) is 7.72. The normalized spacial score (nSPS) is 10.6. The number of hydrogen-bond donors (Lipinski definition) is 3. The number of carbonyl (C=O) groups excluding carboxylic acids is 3. The smallest absolute Gasteiger partial charge is 0.328 e. The summed E-state index contributed by atoms with van der Waals surface area (Å²) in [5.41, 5.74) is 5.24. The van der Waals surface area contributed by atoms with Gasteiger partial charge in [-0.1, -0.05) is 40.2 Å². The first-order valence-electron chi connectivity index (χ1n) is 10.9. The fourth-order valence-corrected chi connectivity index (χ4v) is 3.95. The van der Waals surface area contributed by atoms with Gasteiger partial charge in [0.25, 0.3) is 5.91 Å². The number of nitrogens with zero attached hydrogens (tertiary/aromatic N) is 1. The molecule has 3 aromatic carbocycles. The third-order valence-electron chi connectivity index (χ3n) is 5.13. The first-order valence-corrected chi connectivity index (χ1v) is 11.7. The van der Waals surface area contributed by atoms with Gasteiger partial charge in [-0.15, -0.1) is 0 Å². The molecule has 0 saturated heterocycles. The average molecular weight is 535 g/mol. The van der Waals surface area contributed by atoms with E-state index < -0.39 is 17.7 Å². The number of anilines is 2. The van der Waals surface area contributed by atoms with Gasteiger partial charge in [0.05, 0.1) is 17.8 Å². The predicted octanol–water partition coefficient (Wildman–Crippen LogP) is 5.07. The number of nitrogens with one attached hydrogen (secondary N) is 3. The number of aromatic nitrogens is 1. The summed E-state index contributed by atoms with van der Waals surface area (Å²) in [5, 5.41) is 6.11. The predicted molar refractivity (Wildman–Crippen MR) is 139 cm³/mol. The Kier molecular flexibility index (Phi) is 7.17. The lowest BCUT2D eigenvalue weighted by Gasteiger charge is -2.14. The van der Waals surface area contributed by atoms with Crippen molar-refractivity contribution in [3.05, 3.63) is 88.5 Å². The van der Waals surface area contributed by atoms with Crippen LogP contribution in [-0.2, 0) is 9.59 Å². The molecule has 4 aromatic rings. The lowest BCUT2D eigenvalue weighted by Crippen LogP contribution is -2.36. The fraction of sp³-hybridized carbons (Fsp3) is 0.115. The van der Waals surface area contributed by atoms with Crippen LogP contribution in [0.3, 0.4) is 0 Å². The minimum absolute atomic E-state index is 0.162. The standard InChI is InChI=1S/C26H23BrN4O4/c1-3-35-23-10-5-4-9-20(23)29-25(33)26(34)30-31-21-12-11-18(27)14-17(21)15-22(31)24(32)28-19-8-6-7-16(2)13-19/h4-15H,3H2,1-2H3,(H,28,32)(H,29,33)(H,30,34). The maximum atomic E-state index is 13.1. The number of carbonyl (C=O) groups is 3. The summed E-state index contributed by atoms with van der Waals surface area (Å²) < 4.78 is 7.62. The van der Waals surface area contributed by atoms with Crippen molar-refractivity contribution in [3.8, 4) is 5.75 Å². The number of rotatable bonds is 6. The van der Waals surface area contributed by atoms with Crippen molar-refractivity contribution in [2.75, 3.05) is 22.7 Å². The van der Waals surface area contributed by atoms with Crippen LogP contribution in [-0.4, -0.2) is 29.0 Å². The van der Waals surface area contributed by atoms with Gasteiger partial charge < -0.3 is 15.4 Å². The van der Waals surface area contributed by atoms with E-state index in [9.17, 15) is 14.4 Å². The van der Waals surface area contributed by atoms with Crippen molar-refractivity contribution in [1.82, 2.24) is 4.68 Å². The average Bonchev–Trinajstić information content (AvgIpc) is 3.17. The Morgan fingerprint density at radius 1 is 0.914 bits per heavy atom. The molecule has 1 heterocycles. The summed E-state index contributed by atoms with van der Waals surface area (Å²) in [6.45, 7) is 4.15. The zero-order valence-corrected chi connectivity index (χ0v) is 20.7. The molecule has 0 aliphatic carbocycles. The number of halogens is 1. The fourth-order valence-electron chi connectivity index (χ4n) is 3.57. The quantitative estimate of drug-likeness (QED) is 0.300. The third kappa shape index (κ3) is 5.52. The highest BCUT2D eigenvalue weighted by atomic mass is 79.9. The Labute approximate surface area is 210 Å². The zero-order chi connectivity index (χ0) is 24.9. The molecule has 35 heavy (non-hydrogen) atoms. The summed E-state index contributed by atoms with van der Waals surface area (Å²) in [6.07, 6.45) is 0. The van der Waals surface area contributed by atoms with Crippen molar-refractivity contribution >= 4 is 55.9 Å². The second-order valence-corrected chi connectivity index (χ2v) is 8.63. The Hall–Kier alpha value is -4.11. The number of hydrogen-bond acceptors (Lipinski definition) is 4. The van der Waals surface area contributed by atoms with E-state index in [0.717, 1.165) is 10.0 Å². The highest BCUT2D eigenvalue weighted by molar-refractivity contribution is 9.10.